The number of carbonyl (C=O) groups excluding carboxylic acids is 2. The molecule has 1 aromatic rings. The standard InChI is InChI=1S/C23H31N3O3/c27-21(9-17-8-20(25-29-17)15-4-5-15)26-13-23(6-1-7-23)11-16(26)12-24-22(28)19-10-18(19)14-2-3-14/h8,14-16,18-19H,1-7,9-13H2,(H,24,28)/t16?,18-,19+/m0/s1. The van der Waals surface area contributed by atoms with Crippen LogP contribution in [-0.2, 0) is 16.0 Å². The van der Waals surface area contributed by atoms with Crippen LogP contribution in [0, 0.1) is 23.2 Å². The zero-order chi connectivity index (χ0) is 19.6. The van der Waals surface area contributed by atoms with E-state index in [9.17, 15) is 9.59 Å². The molecule has 29 heavy (non-hydrogen) atoms. The van der Waals surface area contributed by atoms with Crippen LogP contribution in [0.15, 0.2) is 10.6 Å². The molecule has 3 atom stereocenters. The highest BCUT2D eigenvalue weighted by Gasteiger charge is 2.52. The number of nitrogens with zero attached hydrogens (tertiary/aromatic N) is 2. The van der Waals surface area contributed by atoms with Gasteiger partial charge in [-0.2, -0.15) is 0 Å². The lowest BCUT2D eigenvalue weighted by Crippen LogP contribution is -2.44. The molecule has 6 rings (SSSR count). The second-order valence-electron chi connectivity index (χ2n) is 10.5. The smallest absolute Gasteiger partial charge is 0.230 e. The number of aromatic nitrogens is 1. The Hall–Kier alpha value is -1.85. The Morgan fingerprint density at radius 2 is 2.07 bits per heavy atom. The van der Waals surface area contributed by atoms with Gasteiger partial charge in [0.05, 0.1) is 12.1 Å². The van der Waals surface area contributed by atoms with Gasteiger partial charge in [-0.05, 0) is 68.6 Å². The number of likely N-dealkylation sites (tertiary alicyclic amines) is 1. The molecular formula is C23H31N3O3. The van der Waals surface area contributed by atoms with E-state index in [4.69, 9.17) is 4.52 Å². The minimum Gasteiger partial charge on any atom is -0.361 e. The van der Waals surface area contributed by atoms with Crippen LogP contribution < -0.4 is 5.32 Å². The van der Waals surface area contributed by atoms with E-state index in [-0.39, 0.29) is 30.2 Å². The normalized spacial score (nSPS) is 32.3. The fraction of sp³-hybridized carbons (Fsp3) is 0.783. The van der Waals surface area contributed by atoms with Crippen molar-refractivity contribution in [3.8, 4) is 0 Å². The number of carbonyl (C=O) groups is 2. The van der Waals surface area contributed by atoms with Crippen LogP contribution in [0.1, 0.15) is 75.2 Å². The lowest BCUT2D eigenvalue weighted by atomic mass is 9.67. The molecule has 1 aromatic heterocycles. The summed E-state index contributed by atoms with van der Waals surface area (Å²) in [6.45, 7) is 1.44. The first-order chi connectivity index (χ1) is 14.1. The molecule has 1 spiro atoms. The number of hydrogen-bond acceptors (Lipinski definition) is 4. The zero-order valence-corrected chi connectivity index (χ0v) is 17.1. The fourth-order valence-corrected chi connectivity index (χ4v) is 5.82. The average Bonchev–Trinajstić information content (AvgIpc) is 3.54. The summed E-state index contributed by atoms with van der Waals surface area (Å²) in [5.41, 5.74) is 1.30. The first-order valence-corrected chi connectivity index (χ1v) is 11.6. The van der Waals surface area contributed by atoms with Gasteiger partial charge in [-0.3, -0.25) is 9.59 Å². The van der Waals surface area contributed by atoms with Crippen LogP contribution in [0.25, 0.3) is 0 Å². The molecule has 2 amide bonds. The minimum atomic E-state index is 0.119. The van der Waals surface area contributed by atoms with Crippen molar-refractivity contribution in [2.75, 3.05) is 13.1 Å². The van der Waals surface area contributed by atoms with Crippen molar-refractivity contribution in [2.45, 2.75) is 76.2 Å². The van der Waals surface area contributed by atoms with Gasteiger partial charge in [0.1, 0.15) is 5.76 Å². The molecule has 4 aliphatic carbocycles. The van der Waals surface area contributed by atoms with Crippen molar-refractivity contribution < 1.29 is 14.1 Å². The van der Waals surface area contributed by atoms with Crippen molar-refractivity contribution in [3.05, 3.63) is 17.5 Å². The summed E-state index contributed by atoms with van der Waals surface area (Å²) >= 11 is 0. The summed E-state index contributed by atoms with van der Waals surface area (Å²) < 4.78 is 5.43. The van der Waals surface area contributed by atoms with E-state index in [0.717, 1.165) is 31.0 Å². The van der Waals surface area contributed by atoms with E-state index in [1.165, 1.54) is 44.9 Å². The topological polar surface area (TPSA) is 75.4 Å². The molecule has 6 heteroatoms. The molecule has 4 saturated carbocycles. The summed E-state index contributed by atoms with van der Waals surface area (Å²) in [4.78, 5) is 27.7. The maximum atomic E-state index is 13.1. The molecular weight excluding hydrogens is 366 g/mol. The Morgan fingerprint density at radius 1 is 1.24 bits per heavy atom. The number of hydrogen-bond donors (Lipinski definition) is 1. The Morgan fingerprint density at radius 3 is 2.76 bits per heavy atom. The molecule has 1 aliphatic heterocycles. The highest BCUT2D eigenvalue weighted by atomic mass is 16.5. The maximum Gasteiger partial charge on any atom is 0.230 e. The van der Waals surface area contributed by atoms with E-state index < -0.39 is 0 Å². The Bertz CT molecular complexity index is 821. The van der Waals surface area contributed by atoms with Gasteiger partial charge < -0.3 is 14.7 Å². The van der Waals surface area contributed by atoms with Crippen molar-refractivity contribution in [3.63, 3.8) is 0 Å². The zero-order valence-electron chi connectivity index (χ0n) is 17.1. The molecule has 1 N–H and O–H groups in total. The molecule has 5 aliphatic rings. The highest BCUT2D eigenvalue weighted by Crippen LogP contribution is 2.54. The van der Waals surface area contributed by atoms with Gasteiger partial charge in [-0.15, -0.1) is 0 Å². The predicted octanol–water partition coefficient (Wildman–Crippen LogP) is 3.03. The third-order valence-corrected chi connectivity index (χ3v) is 8.16. The van der Waals surface area contributed by atoms with Crippen LogP contribution in [0.5, 0.6) is 0 Å². The van der Waals surface area contributed by atoms with Crippen LogP contribution in [0.2, 0.25) is 0 Å². The van der Waals surface area contributed by atoms with E-state index >= 15 is 0 Å². The van der Waals surface area contributed by atoms with Crippen LogP contribution in [-0.4, -0.2) is 41.0 Å². The largest absolute Gasteiger partial charge is 0.361 e. The second kappa shape index (κ2) is 6.58. The molecule has 2 heterocycles. The predicted molar refractivity (Wildman–Crippen MR) is 106 cm³/mol. The van der Waals surface area contributed by atoms with Crippen LogP contribution >= 0.6 is 0 Å². The Labute approximate surface area is 171 Å². The molecule has 156 valence electrons. The second-order valence-corrected chi connectivity index (χ2v) is 10.5. The van der Waals surface area contributed by atoms with Gasteiger partial charge in [-0.25, -0.2) is 0 Å². The third kappa shape index (κ3) is 3.49. The monoisotopic (exact) mass is 397 g/mol. The van der Waals surface area contributed by atoms with Crippen LogP contribution in [0.4, 0.5) is 0 Å². The number of nitrogens with one attached hydrogen (secondary N) is 1. The highest BCUT2D eigenvalue weighted by molar-refractivity contribution is 5.82. The molecule has 1 saturated heterocycles. The van der Waals surface area contributed by atoms with Crippen molar-refractivity contribution in [1.29, 1.82) is 0 Å². The first kappa shape index (κ1) is 18.0. The van der Waals surface area contributed by atoms with Gasteiger partial charge in [0.2, 0.25) is 11.8 Å². The molecule has 0 radical (unpaired) electrons. The Balaban J connectivity index is 1.08. The first-order valence-electron chi connectivity index (χ1n) is 11.6. The van der Waals surface area contributed by atoms with Gasteiger partial charge in [0, 0.05) is 37.0 Å². The molecule has 0 aromatic carbocycles. The van der Waals surface area contributed by atoms with E-state index in [0.29, 0.717) is 29.6 Å². The molecule has 0 bridgehead atoms. The van der Waals surface area contributed by atoms with Crippen molar-refractivity contribution >= 4 is 11.8 Å². The van der Waals surface area contributed by atoms with E-state index in [1.54, 1.807) is 0 Å². The van der Waals surface area contributed by atoms with Gasteiger partial charge >= 0.3 is 0 Å². The molecule has 6 nitrogen and oxygen atoms in total. The lowest BCUT2D eigenvalue weighted by molar-refractivity contribution is -0.132. The molecule has 5 fully saturated rings. The minimum absolute atomic E-state index is 0.119. The Kier molecular flexibility index (Phi) is 4.07. The molecule has 1 unspecified atom stereocenters. The lowest BCUT2D eigenvalue weighted by Gasteiger charge is -2.37. The fourth-order valence-electron chi connectivity index (χ4n) is 5.82. The van der Waals surface area contributed by atoms with Crippen molar-refractivity contribution in [2.24, 2.45) is 23.2 Å². The summed E-state index contributed by atoms with van der Waals surface area (Å²) in [7, 11) is 0. The summed E-state index contributed by atoms with van der Waals surface area (Å²) in [6.07, 6.45) is 11.0. The SMILES string of the molecule is O=C(NCC1CC2(CCC2)CN1C(=O)Cc1cc(C2CC2)no1)[C@@H]1C[C@H]1C1CC1. The quantitative estimate of drug-likeness (QED) is 0.767. The van der Waals surface area contributed by atoms with Gasteiger partial charge in [0.25, 0.3) is 0 Å². The number of amides is 2. The van der Waals surface area contributed by atoms with E-state index in [1.807, 2.05) is 11.0 Å². The van der Waals surface area contributed by atoms with Crippen LogP contribution in [0.3, 0.4) is 0 Å². The third-order valence-electron chi connectivity index (χ3n) is 8.16. The maximum absolute atomic E-state index is 13.1. The summed E-state index contributed by atoms with van der Waals surface area (Å²) in [5, 5.41) is 7.33. The van der Waals surface area contributed by atoms with E-state index in [2.05, 4.69) is 10.5 Å². The number of rotatable bonds is 7. The summed E-state index contributed by atoms with van der Waals surface area (Å²) in [6, 6.07) is 2.09. The summed E-state index contributed by atoms with van der Waals surface area (Å²) in [5.74, 6) is 3.25. The van der Waals surface area contributed by atoms with Crippen molar-refractivity contribution in [1.82, 2.24) is 15.4 Å². The van der Waals surface area contributed by atoms with Gasteiger partial charge in [-0.1, -0.05) is 11.6 Å². The average molecular weight is 398 g/mol. The van der Waals surface area contributed by atoms with Gasteiger partial charge in [0.15, 0.2) is 0 Å².